The van der Waals surface area contributed by atoms with E-state index in [1.807, 2.05) is 0 Å². The van der Waals surface area contributed by atoms with E-state index in [4.69, 9.17) is 4.74 Å². The molecule has 0 radical (unpaired) electrons. The molecular formula is C13H25ClN2O2. The summed E-state index contributed by atoms with van der Waals surface area (Å²) in [6.45, 7) is 4.06. The van der Waals surface area contributed by atoms with Crippen molar-refractivity contribution < 1.29 is 9.53 Å². The Balaban J connectivity index is 0.00000162. The third-order valence-corrected chi connectivity index (χ3v) is 3.71. The lowest BCUT2D eigenvalue weighted by atomic mass is 10.0. The molecule has 1 amide bonds. The molecule has 4 nitrogen and oxygen atoms in total. The van der Waals surface area contributed by atoms with Crippen LogP contribution in [0.3, 0.4) is 0 Å². The molecular weight excluding hydrogens is 252 g/mol. The summed E-state index contributed by atoms with van der Waals surface area (Å²) < 4.78 is 5.52. The van der Waals surface area contributed by atoms with Gasteiger partial charge < -0.3 is 15.4 Å². The Labute approximate surface area is 116 Å². The van der Waals surface area contributed by atoms with E-state index in [2.05, 4.69) is 17.6 Å². The molecule has 3 atom stereocenters. The summed E-state index contributed by atoms with van der Waals surface area (Å²) in [6.07, 6.45) is 6.19. The molecule has 2 aliphatic rings. The molecule has 2 heterocycles. The van der Waals surface area contributed by atoms with Gasteiger partial charge in [0.15, 0.2) is 0 Å². The van der Waals surface area contributed by atoms with Crippen molar-refractivity contribution >= 4 is 18.3 Å². The van der Waals surface area contributed by atoms with Gasteiger partial charge in [0, 0.05) is 25.1 Å². The minimum absolute atomic E-state index is 0. The second-order valence-corrected chi connectivity index (χ2v) is 5.32. The summed E-state index contributed by atoms with van der Waals surface area (Å²) in [5.74, 6) is 0.194. The molecule has 2 rings (SSSR count). The van der Waals surface area contributed by atoms with Crippen molar-refractivity contribution in [1.82, 2.24) is 10.6 Å². The van der Waals surface area contributed by atoms with Gasteiger partial charge in [-0.25, -0.2) is 0 Å². The molecule has 2 N–H and O–H groups in total. The van der Waals surface area contributed by atoms with Crippen LogP contribution in [0.2, 0.25) is 0 Å². The Kier molecular flexibility index (Phi) is 6.97. The summed E-state index contributed by atoms with van der Waals surface area (Å²) in [7, 11) is 0. The summed E-state index contributed by atoms with van der Waals surface area (Å²) >= 11 is 0. The second kappa shape index (κ2) is 7.97. The van der Waals surface area contributed by atoms with E-state index in [0.717, 1.165) is 45.3 Å². The highest BCUT2D eigenvalue weighted by molar-refractivity contribution is 5.85. The van der Waals surface area contributed by atoms with E-state index in [1.165, 1.54) is 0 Å². The van der Waals surface area contributed by atoms with Crippen LogP contribution in [0.15, 0.2) is 0 Å². The van der Waals surface area contributed by atoms with Gasteiger partial charge in [0.25, 0.3) is 0 Å². The summed E-state index contributed by atoms with van der Waals surface area (Å²) in [5.41, 5.74) is 0. The minimum Gasteiger partial charge on any atom is -0.378 e. The van der Waals surface area contributed by atoms with Crippen LogP contribution >= 0.6 is 12.4 Å². The quantitative estimate of drug-likeness (QED) is 0.821. The van der Waals surface area contributed by atoms with Crippen LogP contribution in [0.5, 0.6) is 0 Å². The molecule has 2 fully saturated rings. The fraction of sp³-hybridized carbons (Fsp3) is 0.923. The number of halogens is 1. The summed E-state index contributed by atoms with van der Waals surface area (Å²) in [5, 5.41) is 6.53. The monoisotopic (exact) mass is 276 g/mol. The number of ether oxygens (including phenoxy) is 1. The van der Waals surface area contributed by atoms with Gasteiger partial charge >= 0.3 is 0 Å². The maximum absolute atomic E-state index is 11.8. The number of rotatable bonds is 4. The van der Waals surface area contributed by atoms with Crippen LogP contribution in [-0.4, -0.2) is 37.2 Å². The van der Waals surface area contributed by atoms with Gasteiger partial charge in [-0.1, -0.05) is 0 Å². The maximum atomic E-state index is 11.8. The van der Waals surface area contributed by atoms with Crippen LogP contribution in [-0.2, 0) is 9.53 Å². The summed E-state index contributed by atoms with van der Waals surface area (Å²) in [6, 6.07) is 0.885. The molecule has 3 unspecified atom stereocenters. The fourth-order valence-electron chi connectivity index (χ4n) is 2.73. The average Bonchev–Trinajstić information content (AvgIpc) is 2.79. The predicted molar refractivity (Wildman–Crippen MR) is 74.1 cm³/mol. The largest absolute Gasteiger partial charge is 0.378 e. The van der Waals surface area contributed by atoms with Gasteiger partial charge in [-0.2, -0.15) is 0 Å². The van der Waals surface area contributed by atoms with Crippen molar-refractivity contribution in [2.75, 3.05) is 13.2 Å². The van der Waals surface area contributed by atoms with Gasteiger partial charge in [-0.15, -0.1) is 12.4 Å². The summed E-state index contributed by atoms with van der Waals surface area (Å²) in [4.78, 5) is 11.8. The van der Waals surface area contributed by atoms with Gasteiger partial charge in [0.1, 0.15) is 0 Å². The molecule has 2 aliphatic heterocycles. The van der Waals surface area contributed by atoms with E-state index in [0.29, 0.717) is 24.6 Å². The van der Waals surface area contributed by atoms with Crippen molar-refractivity contribution in [2.24, 2.45) is 0 Å². The van der Waals surface area contributed by atoms with Gasteiger partial charge in [-0.05, 0) is 45.6 Å². The Hall–Kier alpha value is -0.320. The van der Waals surface area contributed by atoms with Crippen LogP contribution in [0, 0.1) is 0 Å². The van der Waals surface area contributed by atoms with E-state index >= 15 is 0 Å². The van der Waals surface area contributed by atoms with Gasteiger partial charge in [0.05, 0.1) is 6.10 Å². The lowest BCUT2D eigenvalue weighted by Gasteiger charge is -2.28. The fourth-order valence-corrected chi connectivity index (χ4v) is 2.73. The van der Waals surface area contributed by atoms with E-state index in [1.54, 1.807) is 0 Å². The molecule has 106 valence electrons. The highest BCUT2D eigenvalue weighted by atomic mass is 35.5. The lowest BCUT2D eigenvalue weighted by Crippen LogP contribution is -2.46. The zero-order chi connectivity index (χ0) is 12.1. The molecule has 0 aromatic rings. The van der Waals surface area contributed by atoms with Crippen molar-refractivity contribution in [1.29, 1.82) is 0 Å². The van der Waals surface area contributed by atoms with Crippen LogP contribution in [0.1, 0.15) is 45.4 Å². The highest BCUT2D eigenvalue weighted by Gasteiger charge is 2.21. The topological polar surface area (TPSA) is 50.4 Å². The van der Waals surface area contributed by atoms with E-state index in [-0.39, 0.29) is 18.3 Å². The molecule has 5 heteroatoms. The molecule has 0 aromatic heterocycles. The smallest absolute Gasteiger partial charge is 0.220 e. The van der Waals surface area contributed by atoms with Crippen molar-refractivity contribution in [3.63, 3.8) is 0 Å². The molecule has 18 heavy (non-hydrogen) atoms. The normalized spacial score (nSPS) is 31.7. The average molecular weight is 277 g/mol. The maximum Gasteiger partial charge on any atom is 0.220 e. The first kappa shape index (κ1) is 15.7. The van der Waals surface area contributed by atoms with Crippen LogP contribution in [0.25, 0.3) is 0 Å². The number of carbonyl (C=O) groups excluding carboxylic acids is 1. The first-order valence-electron chi connectivity index (χ1n) is 6.88. The first-order valence-corrected chi connectivity index (χ1v) is 6.88. The Bertz CT molecular complexity index is 257. The highest BCUT2D eigenvalue weighted by Crippen LogP contribution is 2.17. The first-order chi connectivity index (χ1) is 8.24. The van der Waals surface area contributed by atoms with Gasteiger partial charge in [0.2, 0.25) is 5.91 Å². The van der Waals surface area contributed by atoms with Gasteiger partial charge in [-0.3, -0.25) is 4.79 Å². The number of piperidine rings is 1. The van der Waals surface area contributed by atoms with Crippen molar-refractivity contribution in [3.8, 4) is 0 Å². The SMILES string of the molecule is CC1CC(NC(=O)CCC2CCCO2)CCN1.Cl. The Morgan fingerprint density at radius 2 is 2.28 bits per heavy atom. The minimum atomic E-state index is 0. The Morgan fingerprint density at radius 3 is 2.94 bits per heavy atom. The molecule has 0 aromatic carbocycles. The zero-order valence-corrected chi connectivity index (χ0v) is 11.9. The number of hydrogen-bond acceptors (Lipinski definition) is 3. The third-order valence-electron chi connectivity index (χ3n) is 3.71. The van der Waals surface area contributed by atoms with E-state index < -0.39 is 0 Å². The molecule has 0 spiro atoms. The lowest BCUT2D eigenvalue weighted by molar-refractivity contribution is -0.122. The number of nitrogens with one attached hydrogen (secondary N) is 2. The number of amides is 1. The van der Waals surface area contributed by atoms with Crippen LogP contribution < -0.4 is 10.6 Å². The number of hydrogen-bond donors (Lipinski definition) is 2. The standard InChI is InChI=1S/C13H24N2O2.ClH/c1-10-9-11(6-7-14-10)15-13(16)5-4-12-3-2-8-17-12;/h10-12,14H,2-9H2,1H3,(H,15,16);1H. The Morgan fingerprint density at radius 1 is 1.44 bits per heavy atom. The van der Waals surface area contributed by atoms with Crippen molar-refractivity contribution in [2.45, 2.75) is 63.6 Å². The number of carbonyl (C=O) groups is 1. The molecule has 2 saturated heterocycles. The zero-order valence-electron chi connectivity index (χ0n) is 11.1. The third kappa shape index (κ3) is 5.12. The van der Waals surface area contributed by atoms with Crippen molar-refractivity contribution in [3.05, 3.63) is 0 Å². The van der Waals surface area contributed by atoms with Crippen LogP contribution in [0.4, 0.5) is 0 Å². The van der Waals surface area contributed by atoms with E-state index in [9.17, 15) is 4.79 Å². The predicted octanol–water partition coefficient (Wildman–Crippen LogP) is 1.62. The molecule has 0 saturated carbocycles. The molecule has 0 bridgehead atoms. The second-order valence-electron chi connectivity index (χ2n) is 5.32. The molecule has 0 aliphatic carbocycles.